The molecular weight excluding hydrogens is 226 g/mol. The number of nitrogens with zero attached hydrogens (tertiary/aromatic N) is 1. The molecule has 0 aliphatic rings. The minimum atomic E-state index is -1.11. The van der Waals surface area contributed by atoms with E-state index in [1.807, 2.05) is 0 Å². The number of carbonyl (C=O) groups excluding carboxylic acids is 1. The van der Waals surface area contributed by atoms with E-state index in [1.165, 1.54) is 4.90 Å². The lowest BCUT2D eigenvalue weighted by molar-refractivity contribution is 0.0785. The maximum absolute atomic E-state index is 13.0. The lowest BCUT2D eigenvalue weighted by Crippen LogP contribution is -2.31. The fourth-order valence-corrected chi connectivity index (χ4v) is 1.36. The Morgan fingerprint density at radius 3 is 2.59 bits per heavy atom. The first-order valence-electron chi connectivity index (χ1n) is 4.98. The molecule has 0 spiro atoms. The van der Waals surface area contributed by atoms with Gasteiger partial charge in [0.25, 0.3) is 5.91 Å². The molecule has 0 atom stereocenters. The molecule has 0 aliphatic carbocycles. The number of rotatable bonds is 3. The van der Waals surface area contributed by atoms with Gasteiger partial charge in [0.15, 0.2) is 11.6 Å². The molecule has 0 unspecified atom stereocenters. The van der Waals surface area contributed by atoms with Crippen LogP contribution in [0.4, 0.5) is 14.5 Å². The van der Waals surface area contributed by atoms with Crippen LogP contribution in [0.15, 0.2) is 12.1 Å². The van der Waals surface area contributed by atoms with E-state index < -0.39 is 17.5 Å². The number of hydrogen-bond donors (Lipinski definition) is 1. The number of anilines is 1. The molecule has 90 valence electrons. The zero-order valence-electron chi connectivity index (χ0n) is 9.34. The van der Waals surface area contributed by atoms with Crippen molar-refractivity contribution in [1.82, 2.24) is 4.90 Å². The van der Waals surface area contributed by atoms with Crippen LogP contribution < -0.4 is 5.73 Å². The van der Waals surface area contributed by atoms with Crippen LogP contribution in [0.3, 0.4) is 0 Å². The molecule has 0 radical (unpaired) electrons. The van der Waals surface area contributed by atoms with Gasteiger partial charge in [0, 0.05) is 18.3 Å². The van der Waals surface area contributed by atoms with Crippen molar-refractivity contribution >= 4 is 11.6 Å². The minimum Gasteiger partial charge on any atom is -0.398 e. The van der Waals surface area contributed by atoms with Gasteiger partial charge in [0.05, 0.1) is 12.1 Å². The molecular formula is C12H12F2N2O. The molecule has 17 heavy (non-hydrogen) atoms. The van der Waals surface area contributed by atoms with E-state index >= 15 is 0 Å². The van der Waals surface area contributed by atoms with Gasteiger partial charge in [-0.05, 0) is 13.0 Å². The highest BCUT2D eigenvalue weighted by Gasteiger charge is 2.18. The summed E-state index contributed by atoms with van der Waals surface area (Å²) in [4.78, 5) is 13.2. The highest BCUT2D eigenvalue weighted by molar-refractivity contribution is 5.99. The van der Waals surface area contributed by atoms with Crippen LogP contribution in [0, 0.1) is 24.0 Å². The van der Waals surface area contributed by atoms with Crippen LogP contribution in [0.25, 0.3) is 0 Å². The predicted molar refractivity (Wildman–Crippen MR) is 61.2 cm³/mol. The Bertz CT molecular complexity index is 480. The normalized spacial score (nSPS) is 9.76. The summed E-state index contributed by atoms with van der Waals surface area (Å²) in [5.41, 5.74) is 5.28. The fraction of sp³-hybridized carbons (Fsp3) is 0.250. The predicted octanol–water partition coefficient (Wildman–Crippen LogP) is 1.64. The molecule has 3 nitrogen and oxygen atoms in total. The number of halogens is 2. The molecule has 0 fully saturated rings. The average molecular weight is 238 g/mol. The van der Waals surface area contributed by atoms with E-state index in [0.29, 0.717) is 6.54 Å². The Labute approximate surface area is 98.2 Å². The van der Waals surface area contributed by atoms with Gasteiger partial charge in [0.2, 0.25) is 0 Å². The SMILES string of the molecule is C#CCN(CC)C(=O)c1cc(F)c(F)cc1N. The molecule has 1 aromatic rings. The molecule has 0 aromatic heterocycles. The van der Waals surface area contributed by atoms with E-state index in [9.17, 15) is 13.6 Å². The van der Waals surface area contributed by atoms with Crippen molar-refractivity contribution in [3.63, 3.8) is 0 Å². The Morgan fingerprint density at radius 2 is 2.06 bits per heavy atom. The summed E-state index contributed by atoms with van der Waals surface area (Å²) in [5.74, 6) is -0.397. The first kappa shape index (κ1) is 13.0. The topological polar surface area (TPSA) is 46.3 Å². The van der Waals surface area contributed by atoms with Gasteiger partial charge in [0.1, 0.15) is 0 Å². The molecule has 0 aliphatic heterocycles. The van der Waals surface area contributed by atoms with Crippen molar-refractivity contribution in [3.8, 4) is 12.3 Å². The van der Waals surface area contributed by atoms with Crippen LogP contribution >= 0.6 is 0 Å². The summed E-state index contributed by atoms with van der Waals surface area (Å²) in [5, 5.41) is 0. The molecule has 0 bridgehead atoms. The van der Waals surface area contributed by atoms with Crippen molar-refractivity contribution in [2.24, 2.45) is 0 Å². The summed E-state index contributed by atoms with van der Waals surface area (Å²) in [6.07, 6.45) is 5.10. The Hall–Kier alpha value is -2.09. The molecule has 1 rings (SSSR count). The summed E-state index contributed by atoms with van der Waals surface area (Å²) in [6, 6.07) is 1.57. The summed E-state index contributed by atoms with van der Waals surface area (Å²) < 4.78 is 25.9. The monoisotopic (exact) mass is 238 g/mol. The smallest absolute Gasteiger partial charge is 0.256 e. The molecule has 2 N–H and O–H groups in total. The van der Waals surface area contributed by atoms with Gasteiger partial charge in [-0.2, -0.15) is 0 Å². The maximum Gasteiger partial charge on any atom is 0.256 e. The second-order valence-electron chi connectivity index (χ2n) is 3.38. The van der Waals surface area contributed by atoms with Crippen molar-refractivity contribution in [2.75, 3.05) is 18.8 Å². The number of terminal acetylenes is 1. The van der Waals surface area contributed by atoms with Crippen LogP contribution in [0.5, 0.6) is 0 Å². The zero-order chi connectivity index (χ0) is 13.0. The van der Waals surface area contributed by atoms with Gasteiger partial charge in [-0.25, -0.2) is 8.78 Å². The number of hydrogen-bond acceptors (Lipinski definition) is 2. The molecule has 1 amide bonds. The van der Waals surface area contributed by atoms with Gasteiger partial charge in [-0.15, -0.1) is 6.42 Å². The van der Waals surface area contributed by atoms with E-state index in [-0.39, 0.29) is 17.8 Å². The maximum atomic E-state index is 13.0. The van der Waals surface area contributed by atoms with Gasteiger partial charge in [-0.1, -0.05) is 5.92 Å². The first-order chi connectivity index (χ1) is 8.01. The van der Waals surface area contributed by atoms with Gasteiger partial charge < -0.3 is 10.6 Å². The average Bonchev–Trinajstić information content (AvgIpc) is 2.30. The molecule has 5 heteroatoms. The standard InChI is InChI=1S/C12H12F2N2O/c1-3-5-16(4-2)12(17)8-6-9(13)10(14)7-11(8)15/h1,6-7H,4-5,15H2,2H3. The second kappa shape index (κ2) is 5.30. The summed E-state index contributed by atoms with van der Waals surface area (Å²) >= 11 is 0. The molecule has 0 heterocycles. The largest absolute Gasteiger partial charge is 0.398 e. The number of benzene rings is 1. The fourth-order valence-electron chi connectivity index (χ4n) is 1.36. The van der Waals surface area contributed by atoms with Crippen LogP contribution in [-0.4, -0.2) is 23.9 Å². The van der Waals surface area contributed by atoms with Crippen molar-refractivity contribution in [3.05, 3.63) is 29.3 Å². The first-order valence-corrected chi connectivity index (χ1v) is 4.98. The highest BCUT2D eigenvalue weighted by Crippen LogP contribution is 2.18. The minimum absolute atomic E-state index is 0.0824. The van der Waals surface area contributed by atoms with E-state index in [4.69, 9.17) is 12.2 Å². The third-order valence-corrected chi connectivity index (χ3v) is 2.27. The number of nitrogen functional groups attached to an aromatic ring is 1. The van der Waals surface area contributed by atoms with Crippen molar-refractivity contribution in [1.29, 1.82) is 0 Å². The van der Waals surface area contributed by atoms with Crippen molar-refractivity contribution < 1.29 is 13.6 Å². The Balaban J connectivity index is 3.12. The van der Waals surface area contributed by atoms with Crippen LogP contribution in [0.1, 0.15) is 17.3 Å². The van der Waals surface area contributed by atoms with E-state index in [0.717, 1.165) is 12.1 Å². The van der Waals surface area contributed by atoms with E-state index in [2.05, 4.69) is 5.92 Å². The number of carbonyl (C=O) groups is 1. The summed E-state index contributed by atoms with van der Waals surface area (Å²) in [7, 11) is 0. The number of amides is 1. The lowest BCUT2D eigenvalue weighted by atomic mass is 10.1. The van der Waals surface area contributed by atoms with Crippen molar-refractivity contribution in [2.45, 2.75) is 6.92 Å². The van der Waals surface area contributed by atoms with Gasteiger partial charge in [-0.3, -0.25) is 4.79 Å². The Kier molecular flexibility index (Phi) is 4.05. The molecule has 0 saturated heterocycles. The lowest BCUT2D eigenvalue weighted by Gasteiger charge is -2.19. The molecule has 1 aromatic carbocycles. The highest BCUT2D eigenvalue weighted by atomic mass is 19.2. The van der Waals surface area contributed by atoms with Gasteiger partial charge >= 0.3 is 0 Å². The quantitative estimate of drug-likeness (QED) is 0.642. The van der Waals surface area contributed by atoms with Crippen LogP contribution in [-0.2, 0) is 0 Å². The second-order valence-corrected chi connectivity index (χ2v) is 3.38. The molecule has 0 saturated carbocycles. The van der Waals surface area contributed by atoms with E-state index in [1.54, 1.807) is 6.92 Å². The summed E-state index contributed by atoms with van der Waals surface area (Å²) in [6.45, 7) is 2.18. The third kappa shape index (κ3) is 2.72. The number of nitrogens with two attached hydrogens (primary N) is 1. The Morgan fingerprint density at radius 1 is 1.47 bits per heavy atom. The third-order valence-electron chi connectivity index (χ3n) is 2.27. The van der Waals surface area contributed by atoms with Crippen LogP contribution in [0.2, 0.25) is 0 Å². The zero-order valence-corrected chi connectivity index (χ0v) is 9.34.